The van der Waals surface area contributed by atoms with Crippen molar-refractivity contribution in [1.29, 1.82) is 0 Å². The molecule has 2 aromatic carbocycles. The Kier molecular flexibility index (Phi) is 4.56. The molecule has 24 heavy (non-hydrogen) atoms. The fraction of sp³-hybridized carbons (Fsp3) is 0.250. The number of nitrogen functional groups attached to an aromatic ring is 1. The Bertz CT molecular complexity index is 862. The van der Waals surface area contributed by atoms with Crippen LogP contribution in [0, 0.1) is 6.92 Å². The van der Waals surface area contributed by atoms with Gasteiger partial charge in [0.15, 0.2) is 5.78 Å². The quantitative estimate of drug-likeness (QED) is 0.404. The molecule has 0 aliphatic rings. The van der Waals surface area contributed by atoms with Gasteiger partial charge >= 0.3 is 0 Å². The smallest absolute Gasteiger partial charge is 0.197 e. The van der Waals surface area contributed by atoms with E-state index in [0.29, 0.717) is 34.8 Å². The molecular weight excluding hydrogens is 302 g/mol. The van der Waals surface area contributed by atoms with E-state index in [0.717, 1.165) is 24.0 Å². The molecule has 0 amide bonds. The number of carbonyl (C=O) groups excluding carboxylic acids is 1. The van der Waals surface area contributed by atoms with Crippen molar-refractivity contribution < 1.29 is 13.9 Å². The van der Waals surface area contributed by atoms with Gasteiger partial charge in [-0.3, -0.25) is 4.79 Å². The van der Waals surface area contributed by atoms with Crippen LogP contribution in [0.1, 0.15) is 41.4 Å². The van der Waals surface area contributed by atoms with E-state index < -0.39 is 0 Å². The highest BCUT2D eigenvalue weighted by molar-refractivity contribution is 6.17. The van der Waals surface area contributed by atoms with E-state index in [-0.39, 0.29) is 5.78 Å². The van der Waals surface area contributed by atoms with Crippen molar-refractivity contribution in [3.05, 3.63) is 59.4 Å². The van der Waals surface area contributed by atoms with Crippen molar-refractivity contribution >= 4 is 22.4 Å². The summed E-state index contributed by atoms with van der Waals surface area (Å²) in [6.45, 7) is 4.61. The van der Waals surface area contributed by atoms with Crippen molar-refractivity contribution in [1.82, 2.24) is 0 Å². The second kappa shape index (κ2) is 6.79. The minimum atomic E-state index is -0.0723. The zero-order chi connectivity index (χ0) is 17.1. The molecule has 124 valence electrons. The first-order valence-corrected chi connectivity index (χ1v) is 8.16. The first kappa shape index (κ1) is 16.1. The number of hydrogen-bond donors (Lipinski definition) is 1. The highest BCUT2D eigenvalue weighted by Crippen LogP contribution is 2.29. The monoisotopic (exact) mass is 323 g/mol. The Morgan fingerprint density at radius 3 is 2.62 bits per heavy atom. The number of anilines is 1. The highest BCUT2D eigenvalue weighted by Gasteiger charge is 2.19. The van der Waals surface area contributed by atoms with Crippen molar-refractivity contribution in [3.63, 3.8) is 0 Å². The average Bonchev–Trinajstić information content (AvgIpc) is 2.90. The fourth-order valence-corrected chi connectivity index (χ4v) is 2.70. The standard InChI is InChI=1S/C20H21NO3/c1-3-4-11-23-16-8-5-14(6-9-16)20(22)19-13(2)24-18-10-7-15(21)12-17(18)19/h5-10,12H,3-4,11,21H2,1-2H3. The lowest BCUT2D eigenvalue weighted by Gasteiger charge is -2.06. The lowest BCUT2D eigenvalue weighted by atomic mass is 10.00. The van der Waals surface area contributed by atoms with Crippen LogP contribution in [0.2, 0.25) is 0 Å². The molecule has 0 saturated carbocycles. The topological polar surface area (TPSA) is 65.5 Å². The zero-order valence-electron chi connectivity index (χ0n) is 14.0. The number of ether oxygens (including phenoxy) is 1. The molecule has 3 rings (SSSR count). The third kappa shape index (κ3) is 3.13. The van der Waals surface area contributed by atoms with Crippen molar-refractivity contribution in [2.45, 2.75) is 26.7 Å². The maximum absolute atomic E-state index is 12.9. The summed E-state index contributed by atoms with van der Waals surface area (Å²) in [6, 6.07) is 12.6. The molecule has 1 aromatic heterocycles. The minimum absolute atomic E-state index is 0.0723. The van der Waals surface area contributed by atoms with Crippen molar-refractivity contribution in [3.8, 4) is 5.75 Å². The second-order valence-corrected chi connectivity index (χ2v) is 5.84. The number of furan rings is 1. The number of fused-ring (bicyclic) bond motifs is 1. The number of carbonyl (C=O) groups is 1. The van der Waals surface area contributed by atoms with Crippen LogP contribution in [-0.4, -0.2) is 12.4 Å². The summed E-state index contributed by atoms with van der Waals surface area (Å²) in [4.78, 5) is 12.9. The SMILES string of the molecule is CCCCOc1ccc(C(=O)c2c(C)oc3ccc(N)cc23)cc1. The summed E-state index contributed by atoms with van der Waals surface area (Å²) in [5, 5.41) is 0.751. The van der Waals surface area contributed by atoms with Crippen LogP contribution in [0.5, 0.6) is 5.75 Å². The molecule has 3 aromatic rings. The molecule has 0 atom stereocenters. The molecule has 2 N–H and O–H groups in total. The minimum Gasteiger partial charge on any atom is -0.494 e. The molecule has 0 unspecified atom stereocenters. The molecule has 0 spiro atoms. The molecule has 0 bridgehead atoms. The predicted octanol–water partition coefficient (Wildman–Crippen LogP) is 4.73. The van der Waals surface area contributed by atoms with Gasteiger partial charge in [-0.1, -0.05) is 13.3 Å². The third-order valence-electron chi connectivity index (χ3n) is 4.00. The lowest BCUT2D eigenvalue weighted by Crippen LogP contribution is -2.03. The van der Waals surface area contributed by atoms with Crippen LogP contribution >= 0.6 is 0 Å². The fourth-order valence-electron chi connectivity index (χ4n) is 2.70. The summed E-state index contributed by atoms with van der Waals surface area (Å²) in [7, 11) is 0. The number of benzene rings is 2. The normalized spacial score (nSPS) is 10.9. The molecule has 4 nitrogen and oxygen atoms in total. The Hall–Kier alpha value is -2.75. The van der Waals surface area contributed by atoms with Gasteiger partial charge in [-0.15, -0.1) is 0 Å². The molecule has 1 heterocycles. The maximum atomic E-state index is 12.9. The summed E-state index contributed by atoms with van der Waals surface area (Å²) in [5.74, 6) is 1.30. The number of unbranched alkanes of at least 4 members (excludes halogenated alkanes) is 1. The number of aryl methyl sites for hydroxylation is 1. The third-order valence-corrected chi connectivity index (χ3v) is 4.00. The largest absolute Gasteiger partial charge is 0.494 e. The van der Waals surface area contributed by atoms with Crippen LogP contribution in [0.3, 0.4) is 0 Å². The van der Waals surface area contributed by atoms with E-state index in [9.17, 15) is 4.79 Å². The van der Waals surface area contributed by atoms with Gasteiger partial charge in [-0.2, -0.15) is 0 Å². The lowest BCUT2D eigenvalue weighted by molar-refractivity contribution is 0.103. The Labute approximate surface area is 141 Å². The molecule has 0 saturated heterocycles. The highest BCUT2D eigenvalue weighted by atomic mass is 16.5. The molecule has 0 aliphatic heterocycles. The van der Waals surface area contributed by atoms with Crippen LogP contribution in [-0.2, 0) is 0 Å². The molecule has 4 heteroatoms. The Morgan fingerprint density at radius 2 is 1.92 bits per heavy atom. The number of hydrogen-bond acceptors (Lipinski definition) is 4. The van der Waals surface area contributed by atoms with E-state index in [1.807, 2.05) is 12.1 Å². The molecular formula is C20H21NO3. The maximum Gasteiger partial charge on any atom is 0.197 e. The van der Waals surface area contributed by atoms with Gasteiger partial charge in [0.05, 0.1) is 12.2 Å². The van der Waals surface area contributed by atoms with Crippen LogP contribution in [0.25, 0.3) is 11.0 Å². The number of nitrogens with two attached hydrogens (primary N) is 1. The second-order valence-electron chi connectivity index (χ2n) is 5.84. The van der Waals surface area contributed by atoms with E-state index >= 15 is 0 Å². The Balaban J connectivity index is 1.89. The van der Waals surface area contributed by atoms with Gasteiger partial charge in [-0.05, 0) is 55.8 Å². The Morgan fingerprint density at radius 1 is 1.17 bits per heavy atom. The van der Waals surface area contributed by atoms with Crippen LogP contribution in [0.15, 0.2) is 46.9 Å². The number of ketones is 1. The van der Waals surface area contributed by atoms with Gasteiger partial charge in [0, 0.05) is 16.6 Å². The molecule has 0 fully saturated rings. The van der Waals surface area contributed by atoms with Gasteiger partial charge in [0.1, 0.15) is 17.1 Å². The van der Waals surface area contributed by atoms with Gasteiger partial charge in [-0.25, -0.2) is 0 Å². The van der Waals surface area contributed by atoms with Crippen molar-refractivity contribution in [2.24, 2.45) is 0 Å². The summed E-state index contributed by atoms with van der Waals surface area (Å²) in [6.07, 6.45) is 2.11. The van der Waals surface area contributed by atoms with Crippen LogP contribution < -0.4 is 10.5 Å². The van der Waals surface area contributed by atoms with Crippen LogP contribution in [0.4, 0.5) is 5.69 Å². The average molecular weight is 323 g/mol. The van der Waals surface area contributed by atoms with E-state index in [1.54, 1.807) is 37.3 Å². The van der Waals surface area contributed by atoms with E-state index in [4.69, 9.17) is 14.9 Å². The van der Waals surface area contributed by atoms with Gasteiger partial charge in [0.25, 0.3) is 0 Å². The summed E-state index contributed by atoms with van der Waals surface area (Å²) in [5.41, 5.74) is 8.30. The summed E-state index contributed by atoms with van der Waals surface area (Å²) >= 11 is 0. The van der Waals surface area contributed by atoms with Gasteiger partial charge in [0.2, 0.25) is 0 Å². The van der Waals surface area contributed by atoms with Crippen molar-refractivity contribution in [2.75, 3.05) is 12.3 Å². The number of rotatable bonds is 6. The first-order chi connectivity index (χ1) is 11.6. The van der Waals surface area contributed by atoms with E-state index in [2.05, 4.69) is 6.92 Å². The molecule has 0 aliphatic carbocycles. The summed E-state index contributed by atoms with van der Waals surface area (Å²) < 4.78 is 11.3. The van der Waals surface area contributed by atoms with Gasteiger partial charge < -0.3 is 14.9 Å². The first-order valence-electron chi connectivity index (χ1n) is 8.16. The zero-order valence-corrected chi connectivity index (χ0v) is 14.0. The predicted molar refractivity (Wildman–Crippen MR) is 95.6 cm³/mol. The van der Waals surface area contributed by atoms with E-state index in [1.165, 1.54) is 0 Å². The molecule has 0 radical (unpaired) electrons.